The van der Waals surface area contributed by atoms with Crippen molar-refractivity contribution in [2.45, 2.75) is 33.6 Å². The van der Waals surface area contributed by atoms with Gasteiger partial charge < -0.3 is 9.47 Å². The maximum atomic E-state index is 12.4. The van der Waals surface area contributed by atoms with Crippen LogP contribution in [0, 0.1) is 18.3 Å². The second kappa shape index (κ2) is 11.0. The SMILES string of the molecule is CCCCOc1ccc(/C=C(\C#N)C(=O)Nc2nc(C)c(C(=O)OCC)s2)cc1. The Morgan fingerprint density at radius 1 is 1.28 bits per heavy atom. The average Bonchev–Trinajstić information content (AvgIpc) is 3.07. The van der Waals surface area contributed by atoms with Crippen LogP contribution in [0.3, 0.4) is 0 Å². The van der Waals surface area contributed by atoms with E-state index in [9.17, 15) is 14.9 Å². The van der Waals surface area contributed by atoms with Gasteiger partial charge in [-0.15, -0.1) is 0 Å². The number of rotatable bonds is 9. The summed E-state index contributed by atoms with van der Waals surface area (Å²) < 4.78 is 10.6. The van der Waals surface area contributed by atoms with Crippen molar-refractivity contribution in [2.24, 2.45) is 0 Å². The highest BCUT2D eigenvalue weighted by Crippen LogP contribution is 2.24. The van der Waals surface area contributed by atoms with Crippen molar-refractivity contribution in [3.63, 3.8) is 0 Å². The fourth-order valence-corrected chi connectivity index (χ4v) is 3.17. The molecule has 0 atom stereocenters. The molecule has 1 aromatic carbocycles. The highest BCUT2D eigenvalue weighted by molar-refractivity contribution is 7.17. The van der Waals surface area contributed by atoms with Crippen LogP contribution >= 0.6 is 11.3 Å². The third-order valence-corrected chi connectivity index (χ3v) is 4.85. The molecule has 8 heteroatoms. The summed E-state index contributed by atoms with van der Waals surface area (Å²) >= 11 is 1.01. The number of hydrogen-bond donors (Lipinski definition) is 1. The van der Waals surface area contributed by atoms with Gasteiger partial charge >= 0.3 is 5.97 Å². The highest BCUT2D eigenvalue weighted by atomic mass is 32.1. The molecule has 29 heavy (non-hydrogen) atoms. The molecule has 1 aromatic heterocycles. The minimum absolute atomic E-state index is 0.0739. The molecule has 1 heterocycles. The first-order valence-electron chi connectivity index (χ1n) is 9.29. The molecule has 152 valence electrons. The summed E-state index contributed by atoms with van der Waals surface area (Å²) in [5.41, 5.74) is 1.09. The minimum atomic E-state index is -0.597. The van der Waals surface area contributed by atoms with Crippen molar-refractivity contribution in [1.82, 2.24) is 4.98 Å². The molecular weight excluding hydrogens is 390 g/mol. The molecule has 0 aliphatic carbocycles. The number of nitrogens with one attached hydrogen (secondary N) is 1. The molecule has 2 rings (SSSR count). The number of anilines is 1. The molecule has 0 saturated carbocycles. The Morgan fingerprint density at radius 2 is 2.00 bits per heavy atom. The number of aromatic nitrogens is 1. The Hall–Kier alpha value is -3.18. The van der Waals surface area contributed by atoms with Gasteiger partial charge in [-0.3, -0.25) is 10.1 Å². The lowest BCUT2D eigenvalue weighted by Gasteiger charge is -2.05. The smallest absolute Gasteiger partial charge is 0.350 e. The van der Waals surface area contributed by atoms with E-state index in [1.807, 2.05) is 6.07 Å². The van der Waals surface area contributed by atoms with Crippen LogP contribution in [-0.2, 0) is 9.53 Å². The lowest BCUT2D eigenvalue weighted by molar-refractivity contribution is -0.112. The van der Waals surface area contributed by atoms with Gasteiger partial charge in [0.25, 0.3) is 5.91 Å². The number of aryl methyl sites for hydroxylation is 1. The Bertz CT molecular complexity index is 926. The Balaban J connectivity index is 2.08. The van der Waals surface area contributed by atoms with Crippen molar-refractivity contribution in [1.29, 1.82) is 5.26 Å². The average molecular weight is 413 g/mol. The Kier molecular flexibility index (Phi) is 8.37. The fraction of sp³-hybridized carbons (Fsp3) is 0.333. The number of nitriles is 1. The summed E-state index contributed by atoms with van der Waals surface area (Å²) in [4.78, 5) is 28.8. The van der Waals surface area contributed by atoms with E-state index in [2.05, 4.69) is 17.2 Å². The molecule has 0 aliphatic heterocycles. The van der Waals surface area contributed by atoms with E-state index in [1.165, 1.54) is 6.08 Å². The van der Waals surface area contributed by atoms with E-state index in [-0.39, 0.29) is 17.3 Å². The van der Waals surface area contributed by atoms with Crippen LogP contribution < -0.4 is 10.1 Å². The Morgan fingerprint density at radius 3 is 2.62 bits per heavy atom. The number of hydrogen-bond acceptors (Lipinski definition) is 7. The number of amides is 1. The van der Waals surface area contributed by atoms with Crippen molar-refractivity contribution in [3.8, 4) is 11.8 Å². The van der Waals surface area contributed by atoms with Crippen LogP contribution in [0.1, 0.15) is 47.6 Å². The van der Waals surface area contributed by atoms with Crippen LogP contribution in [0.15, 0.2) is 29.8 Å². The zero-order valence-corrected chi connectivity index (χ0v) is 17.5. The van der Waals surface area contributed by atoms with Gasteiger partial charge in [-0.2, -0.15) is 5.26 Å². The van der Waals surface area contributed by atoms with E-state index < -0.39 is 11.9 Å². The van der Waals surface area contributed by atoms with Gasteiger partial charge in [0.1, 0.15) is 22.3 Å². The zero-order valence-electron chi connectivity index (χ0n) is 16.7. The van der Waals surface area contributed by atoms with Gasteiger partial charge in [-0.25, -0.2) is 9.78 Å². The normalized spacial score (nSPS) is 10.9. The Labute approximate surface area is 174 Å². The van der Waals surface area contributed by atoms with Gasteiger partial charge in [0.05, 0.1) is 18.9 Å². The summed E-state index contributed by atoms with van der Waals surface area (Å²) in [6, 6.07) is 9.04. The van der Waals surface area contributed by atoms with E-state index in [4.69, 9.17) is 9.47 Å². The monoisotopic (exact) mass is 413 g/mol. The van der Waals surface area contributed by atoms with E-state index in [1.54, 1.807) is 38.1 Å². The molecule has 0 aliphatic rings. The number of benzene rings is 1. The van der Waals surface area contributed by atoms with Crippen LogP contribution in [0.5, 0.6) is 5.75 Å². The summed E-state index contributed by atoms with van der Waals surface area (Å²) in [6.45, 7) is 6.37. The third-order valence-electron chi connectivity index (χ3n) is 3.80. The molecule has 0 saturated heterocycles. The van der Waals surface area contributed by atoms with Crippen molar-refractivity contribution >= 4 is 34.4 Å². The molecular formula is C21H23N3O4S. The first kappa shape index (κ1) is 22.1. The molecule has 0 spiro atoms. The third kappa shape index (κ3) is 6.43. The van der Waals surface area contributed by atoms with Gasteiger partial charge in [-0.05, 0) is 44.0 Å². The summed E-state index contributed by atoms with van der Waals surface area (Å²) in [5, 5.41) is 12.2. The number of unbranched alkanes of at least 4 members (excludes halogenated alkanes) is 1. The van der Waals surface area contributed by atoms with Crippen molar-refractivity contribution in [3.05, 3.63) is 46.0 Å². The lowest BCUT2D eigenvalue weighted by Crippen LogP contribution is -2.13. The number of thiazole rings is 1. The van der Waals surface area contributed by atoms with E-state index >= 15 is 0 Å². The molecule has 0 fully saturated rings. The molecule has 1 N–H and O–H groups in total. The highest BCUT2D eigenvalue weighted by Gasteiger charge is 2.18. The maximum Gasteiger partial charge on any atom is 0.350 e. The number of ether oxygens (including phenoxy) is 2. The fourth-order valence-electron chi connectivity index (χ4n) is 2.31. The van der Waals surface area contributed by atoms with Gasteiger partial charge in [0, 0.05) is 0 Å². The standard InChI is InChI=1S/C21H23N3O4S/c1-4-6-11-28-17-9-7-15(8-10-17)12-16(13-22)19(25)24-21-23-14(3)18(29-21)20(26)27-5-2/h7-10,12H,4-6,11H2,1-3H3,(H,23,24,25)/b16-12+. The molecule has 0 radical (unpaired) electrons. The molecule has 1 amide bonds. The number of carbonyl (C=O) groups excluding carboxylic acids is 2. The van der Waals surface area contributed by atoms with Gasteiger partial charge in [-0.1, -0.05) is 36.8 Å². The summed E-state index contributed by atoms with van der Waals surface area (Å²) in [7, 11) is 0. The van der Waals surface area contributed by atoms with E-state index in [0.717, 1.165) is 29.9 Å². The van der Waals surface area contributed by atoms with Crippen LogP contribution in [-0.4, -0.2) is 30.1 Å². The second-order valence-corrected chi connectivity index (χ2v) is 7.05. The topological polar surface area (TPSA) is 101 Å². The molecule has 0 unspecified atom stereocenters. The van der Waals surface area contributed by atoms with Crippen molar-refractivity contribution in [2.75, 3.05) is 18.5 Å². The zero-order chi connectivity index (χ0) is 21.2. The second-order valence-electron chi connectivity index (χ2n) is 6.05. The number of carbonyl (C=O) groups is 2. The summed E-state index contributed by atoms with van der Waals surface area (Å²) in [5.74, 6) is -0.344. The van der Waals surface area contributed by atoms with Gasteiger partial charge in [0.15, 0.2) is 5.13 Å². The first-order chi connectivity index (χ1) is 14.0. The number of esters is 1. The van der Waals surface area contributed by atoms with Crippen LogP contribution in [0.25, 0.3) is 6.08 Å². The number of nitrogens with zero attached hydrogens (tertiary/aromatic N) is 2. The predicted octanol–water partition coefficient (Wildman–Crippen LogP) is 4.35. The predicted molar refractivity (Wildman–Crippen MR) is 112 cm³/mol. The summed E-state index contributed by atoms with van der Waals surface area (Å²) in [6.07, 6.45) is 3.52. The van der Waals surface area contributed by atoms with Crippen molar-refractivity contribution < 1.29 is 19.1 Å². The van der Waals surface area contributed by atoms with Crippen LogP contribution in [0.2, 0.25) is 0 Å². The lowest BCUT2D eigenvalue weighted by atomic mass is 10.1. The molecule has 0 bridgehead atoms. The van der Waals surface area contributed by atoms with Crippen LogP contribution in [0.4, 0.5) is 5.13 Å². The van der Waals surface area contributed by atoms with Gasteiger partial charge in [0.2, 0.25) is 0 Å². The molecule has 2 aromatic rings. The molecule has 7 nitrogen and oxygen atoms in total. The minimum Gasteiger partial charge on any atom is -0.494 e. The largest absolute Gasteiger partial charge is 0.494 e. The maximum absolute atomic E-state index is 12.4. The van der Waals surface area contributed by atoms with E-state index in [0.29, 0.717) is 22.7 Å². The first-order valence-corrected chi connectivity index (χ1v) is 10.1. The quantitative estimate of drug-likeness (QED) is 0.284.